The first-order valence-corrected chi connectivity index (χ1v) is 9.17. The Morgan fingerprint density at radius 1 is 1.19 bits per heavy atom. The van der Waals surface area contributed by atoms with Crippen LogP contribution in [-0.2, 0) is 12.8 Å². The van der Waals surface area contributed by atoms with Crippen LogP contribution in [0.4, 0.5) is 8.78 Å². The molecule has 1 unspecified atom stereocenters. The standard InChI is InChI=1S/C19H22F2N4O/c20-15-8-7-12(10-16(15)21)25-17-6-3-5-14(17)18(23-25)19(26)24-9-2-1-4-13(24)11-22/h7-8,10,13H,1-6,9,11,22H2. The van der Waals surface area contributed by atoms with E-state index in [-0.39, 0.29) is 11.9 Å². The second kappa shape index (κ2) is 6.79. The summed E-state index contributed by atoms with van der Waals surface area (Å²) in [6.45, 7) is 1.13. The van der Waals surface area contributed by atoms with Gasteiger partial charge in [0.05, 0.1) is 5.69 Å². The number of benzene rings is 1. The molecular formula is C19H22F2N4O. The van der Waals surface area contributed by atoms with Gasteiger partial charge >= 0.3 is 0 Å². The van der Waals surface area contributed by atoms with E-state index < -0.39 is 11.6 Å². The van der Waals surface area contributed by atoms with Crippen LogP contribution < -0.4 is 5.73 Å². The van der Waals surface area contributed by atoms with Crippen molar-refractivity contribution in [3.63, 3.8) is 0 Å². The maximum atomic E-state index is 13.7. The molecule has 138 valence electrons. The molecule has 2 N–H and O–H groups in total. The van der Waals surface area contributed by atoms with E-state index in [2.05, 4.69) is 5.10 Å². The minimum absolute atomic E-state index is 0.0433. The number of nitrogens with zero attached hydrogens (tertiary/aromatic N) is 3. The molecule has 2 heterocycles. The summed E-state index contributed by atoms with van der Waals surface area (Å²) in [6, 6.07) is 3.74. The van der Waals surface area contributed by atoms with E-state index in [1.165, 1.54) is 6.07 Å². The van der Waals surface area contributed by atoms with Crippen LogP contribution in [-0.4, -0.2) is 39.7 Å². The van der Waals surface area contributed by atoms with Crippen LogP contribution in [0.5, 0.6) is 0 Å². The topological polar surface area (TPSA) is 64.2 Å². The van der Waals surface area contributed by atoms with Gasteiger partial charge in [-0.25, -0.2) is 13.5 Å². The third kappa shape index (κ3) is 2.80. The molecule has 0 bridgehead atoms. The lowest BCUT2D eigenvalue weighted by Gasteiger charge is -2.34. The molecular weight excluding hydrogens is 338 g/mol. The number of piperidine rings is 1. The van der Waals surface area contributed by atoms with Crippen molar-refractivity contribution in [1.29, 1.82) is 0 Å². The van der Waals surface area contributed by atoms with Gasteiger partial charge in [-0.3, -0.25) is 4.79 Å². The first-order valence-electron chi connectivity index (χ1n) is 9.17. The Morgan fingerprint density at radius 2 is 2.04 bits per heavy atom. The van der Waals surface area contributed by atoms with Gasteiger partial charge in [0.1, 0.15) is 0 Å². The summed E-state index contributed by atoms with van der Waals surface area (Å²) >= 11 is 0. The van der Waals surface area contributed by atoms with Crippen molar-refractivity contribution in [3.05, 3.63) is 46.8 Å². The van der Waals surface area contributed by atoms with Gasteiger partial charge in [0.2, 0.25) is 0 Å². The number of likely N-dealkylation sites (tertiary alicyclic amines) is 1. The van der Waals surface area contributed by atoms with Gasteiger partial charge in [-0.15, -0.1) is 0 Å². The minimum atomic E-state index is -0.920. The Bertz CT molecular complexity index is 848. The molecule has 1 amide bonds. The van der Waals surface area contributed by atoms with Crippen LogP contribution in [0.15, 0.2) is 18.2 Å². The molecule has 0 radical (unpaired) electrons. The van der Waals surface area contributed by atoms with Crippen molar-refractivity contribution >= 4 is 5.91 Å². The van der Waals surface area contributed by atoms with E-state index in [9.17, 15) is 13.6 Å². The van der Waals surface area contributed by atoms with Crippen molar-refractivity contribution in [1.82, 2.24) is 14.7 Å². The van der Waals surface area contributed by atoms with E-state index in [1.807, 2.05) is 4.90 Å². The molecule has 0 spiro atoms. The van der Waals surface area contributed by atoms with Crippen molar-refractivity contribution in [2.24, 2.45) is 5.73 Å². The maximum absolute atomic E-state index is 13.7. The summed E-state index contributed by atoms with van der Waals surface area (Å²) in [7, 11) is 0. The number of nitrogens with two attached hydrogens (primary N) is 1. The zero-order valence-electron chi connectivity index (χ0n) is 14.5. The summed E-state index contributed by atoms with van der Waals surface area (Å²) in [6.07, 6.45) is 5.43. The van der Waals surface area contributed by atoms with Crippen molar-refractivity contribution in [2.75, 3.05) is 13.1 Å². The first kappa shape index (κ1) is 17.1. The molecule has 2 aliphatic rings. The van der Waals surface area contributed by atoms with E-state index in [0.29, 0.717) is 24.5 Å². The number of hydrogen-bond donors (Lipinski definition) is 1. The molecule has 2 aromatic rings. The average molecular weight is 360 g/mol. The normalized spacial score (nSPS) is 19.7. The van der Waals surface area contributed by atoms with Gasteiger partial charge in [-0.2, -0.15) is 5.10 Å². The number of halogens is 2. The summed E-state index contributed by atoms with van der Waals surface area (Å²) in [5, 5.41) is 4.51. The summed E-state index contributed by atoms with van der Waals surface area (Å²) in [5.74, 6) is -1.91. The Hall–Kier alpha value is -2.28. The molecule has 0 saturated carbocycles. The lowest BCUT2D eigenvalue weighted by molar-refractivity contribution is 0.0615. The highest BCUT2D eigenvalue weighted by molar-refractivity contribution is 5.94. The second-order valence-corrected chi connectivity index (χ2v) is 7.02. The fourth-order valence-electron chi connectivity index (χ4n) is 4.09. The summed E-state index contributed by atoms with van der Waals surface area (Å²) in [5.41, 5.74) is 8.57. The fraction of sp³-hybridized carbons (Fsp3) is 0.474. The van der Waals surface area contributed by atoms with Crippen molar-refractivity contribution in [2.45, 2.75) is 44.6 Å². The molecule has 1 atom stereocenters. The molecule has 5 nitrogen and oxygen atoms in total. The molecule has 1 saturated heterocycles. The number of aromatic nitrogens is 2. The first-order chi connectivity index (χ1) is 12.6. The number of rotatable bonds is 3. The molecule has 26 heavy (non-hydrogen) atoms. The third-order valence-electron chi connectivity index (χ3n) is 5.44. The predicted molar refractivity (Wildman–Crippen MR) is 93.2 cm³/mol. The zero-order valence-corrected chi connectivity index (χ0v) is 14.5. The zero-order chi connectivity index (χ0) is 18.3. The van der Waals surface area contributed by atoms with E-state index in [4.69, 9.17) is 5.73 Å². The Kier molecular flexibility index (Phi) is 4.48. The van der Waals surface area contributed by atoms with E-state index >= 15 is 0 Å². The summed E-state index contributed by atoms with van der Waals surface area (Å²) in [4.78, 5) is 15.0. The highest BCUT2D eigenvalue weighted by atomic mass is 19.2. The number of carbonyl (C=O) groups is 1. The highest BCUT2D eigenvalue weighted by Gasteiger charge is 2.33. The minimum Gasteiger partial charge on any atom is -0.333 e. The Morgan fingerprint density at radius 3 is 2.81 bits per heavy atom. The smallest absolute Gasteiger partial charge is 0.274 e. The molecule has 1 fully saturated rings. The lowest BCUT2D eigenvalue weighted by atomic mass is 10.0. The molecule has 4 rings (SSSR count). The number of hydrogen-bond acceptors (Lipinski definition) is 3. The second-order valence-electron chi connectivity index (χ2n) is 7.02. The molecule has 1 aliphatic heterocycles. The molecule has 1 aliphatic carbocycles. The van der Waals surface area contributed by atoms with Gasteiger partial charge in [-0.1, -0.05) is 0 Å². The maximum Gasteiger partial charge on any atom is 0.274 e. The highest BCUT2D eigenvalue weighted by Crippen LogP contribution is 2.30. The predicted octanol–water partition coefficient (Wildman–Crippen LogP) is 2.59. The van der Waals surface area contributed by atoms with Crippen LogP contribution in [0.3, 0.4) is 0 Å². The van der Waals surface area contributed by atoms with E-state index in [0.717, 1.165) is 61.9 Å². The van der Waals surface area contributed by atoms with E-state index in [1.54, 1.807) is 4.68 Å². The quantitative estimate of drug-likeness (QED) is 0.915. The molecule has 1 aromatic carbocycles. The SMILES string of the molecule is NCC1CCCCN1C(=O)c1nn(-c2ccc(F)c(F)c2)c2c1CCC2. The monoisotopic (exact) mass is 360 g/mol. The molecule has 1 aromatic heterocycles. The number of fused-ring (bicyclic) bond motifs is 1. The summed E-state index contributed by atoms with van der Waals surface area (Å²) < 4.78 is 28.5. The number of carbonyl (C=O) groups excluding carboxylic acids is 1. The van der Waals surface area contributed by atoms with Gasteiger partial charge in [0.15, 0.2) is 17.3 Å². The largest absolute Gasteiger partial charge is 0.333 e. The van der Waals surface area contributed by atoms with Crippen LogP contribution in [0.1, 0.15) is 47.4 Å². The van der Waals surface area contributed by atoms with Crippen LogP contribution in [0, 0.1) is 11.6 Å². The number of amides is 1. The Labute approximate surface area is 150 Å². The third-order valence-corrected chi connectivity index (χ3v) is 5.44. The molecule has 7 heteroatoms. The van der Waals surface area contributed by atoms with Gasteiger partial charge in [0.25, 0.3) is 5.91 Å². The van der Waals surface area contributed by atoms with Gasteiger partial charge in [0, 0.05) is 36.5 Å². The average Bonchev–Trinajstić information content (AvgIpc) is 3.26. The van der Waals surface area contributed by atoms with Crippen LogP contribution >= 0.6 is 0 Å². The van der Waals surface area contributed by atoms with Crippen molar-refractivity contribution in [3.8, 4) is 5.69 Å². The fourth-order valence-corrected chi connectivity index (χ4v) is 4.09. The van der Waals surface area contributed by atoms with Crippen LogP contribution in [0.2, 0.25) is 0 Å². The van der Waals surface area contributed by atoms with Crippen molar-refractivity contribution < 1.29 is 13.6 Å². The van der Waals surface area contributed by atoms with Gasteiger partial charge in [-0.05, 0) is 50.7 Å². The Balaban J connectivity index is 1.74. The lowest BCUT2D eigenvalue weighted by Crippen LogP contribution is -2.47. The van der Waals surface area contributed by atoms with Gasteiger partial charge < -0.3 is 10.6 Å². The van der Waals surface area contributed by atoms with Crippen LogP contribution in [0.25, 0.3) is 5.69 Å².